The average Bonchev–Trinajstić information content (AvgIpc) is 3.04. The van der Waals surface area contributed by atoms with E-state index in [1.54, 1.807) is 28.6 Å². The van der Waals surface area contributed by atoms with Gasteiger partial charge < -0.3 is 0 Å². The molecule has 1 heterocycles. The fraction of sp³-hybridized carbons (Fsp3) is 0.500. The lowest BCUT2D eigenvalue weighted by Gasteiger charge is -2.05. The Bertz CT molecular complexity index is 445. The van der Waals surface area contributed by atoms with Gasteiger partial charge in [-0.3, -0.25) is 0 Å². The second kappa shape index (κ2) is 4.18. The van der Waals surface area contributed by atoms with E-state index in [-0.39, 0.29) is 12.1 Å². The molecule has 3 nitrogen and oxygen atoms in total. The van der Waals surface area contributed by atoms with E-state index in [9.17, 15) is 8.42 Å². The number of benzene rings is 1. The maximum absolute atomic E-state index is 12.3. The molecule has 1 aliphatic rings. The number of sulfonamides is 1. The molecule has 4 heteroatoms. The molecule has 0 spiro atoms. The monoisotopic (exact) mass is 239 g/mol. The van der Waals surface area contributed by atoms with E-state index in [1.807, 2.05) is 19.9 Å². The fourth-order valence-electron chi connectivity index (χ4n) is 2.28. The Labute approximate surface area is 97.1 Å². The van der Waals surface area contributed by atoms with E-state index >= 15 is 0 Å². The first-order valence-electron chi connectivity index (χ1n) is 5.71. The largest absolute Gasteiger partial charge is 0.243 e. The van der Waals surface area contributed by atoms with Crippen molar-refractivity contribution in [2.45, 2.75) is 43.7 Å². The quantitative estimate of drug-likeness (QED) is 0.756. The van der Waals surface area contributed by atoms with Gasteiger partial charge in [-0.1, -0.05) is 32.0 Å². The zero-order chi connectivity index (χ0) is 11.8. The van der Waals surface area contributed by atoms with Crippen molar-refractivity contribution in [3.63, 3.8) is 0 Å². The summed E-state index contributed by atoms with van der Waals surface area (Å²) in [5, 5.41) is 0. The maximum atomic E-state index is 12.3. The zero-order valence-corrected chi connectivity index (χ0v) is 10.4. The lowest BCUT2D eigenvalue weighted by molar-refractivity contribution is 0.541. The highest BCUT2D eigenvalue weighted by atomic mass is 32.2. The van der Waals surface area contributed by atoms with Crippen molar-refractivity contribution in [2.24, 2.45) is 0 Å². The standard InChI is InChI=1S/C12H17NO2S/c1-3-11-12(4-2)13(11)16(14,15)10-8-6-5-7-9-10/h5-9,11-12H,3-4H2,1-2H3/t11-,12-/m1/s1. The van der Waals surface area contributed by atoms with Gasteiger partial charge in [-0.05, 0) is 25.0 Å². The molecule has 1 aromatic carbocycles. The molecule has 1 aliphatic heterocycles. The van der Waals surface area contributed by atoms with E-state index < -0.39 is 10.0 Å². The number of hydrogen-bond acceptors (Lipinski definition) is 2. The highest BCUT2D eigenvalue weighted by molar-refractivity contribution is 7.89. The van der Waals surface area contributed by atoms with E-state index in [0.717, 1.165) is 12.8 Å². The van der Waals surface area contributed by atoms with Crippen molar-refractivity contribution in [3.05, 3.63) is 30.3 Å². The van der Waals surface area contributed by atoms with Crippen LogP contribution in [0.4, 0.5) is 0 Å². The molecule has 2 rings (SSSR count). The molecule has 0 bridgehead atoms. The molecular weight excluding hydrogens is 222 g/mol. The van der Waals surface area contributed by atoms with Crippen molar-refractivity contribution < 1.29 is 8.42 Å². The molecule has 0 saturated carbocycles. The van der Waals surface area contributed by atoms with Crippen LogP contribution < -0.4 is 0 Å². The minimum atomic E-state index is -3.25. The number of nitrogens with zero attached hydrogens (tertiary/aromatic N) is 1. The molecule has 0 radical (unpaired) electrons. The molecule has 88 valence electrons. The Morgan fingerprint density at radius 3 is 2.00 bits per heavy atom. The molecule has 1 fully saturated rings. The van der Waals surface area contributed by atoms with Gasteiger partial charge in [0, 0.05) is 12.1 Å². The smallest absolute Gasteiger partial charge is 0.207 e. The summed E-state index contributed by atoms with van der Waals surface area (Å²) in [7, 11) is -3.25. The van der Waals surface area contributed by atoms with Crippen LogP contribution in [0.1, 0.15) is 26.7 Å². The summed E-state index contributed by atoms with van der Waals surface area (Å²) in [6, 6.07) is 9.08. The molecule has 1 saturated heterocycles. The highest BCUT2D eigenvalue weighted by Gasteiger charge is 2.52. The summed E-state index contributed by atoms with van der Waals surface area (Å²) in [5.74, 6) is 0. The van der Waals surface area contributed by atoms with Gasteiger partial charge in [0.15, 0.2) is 0 Å². The molecule has 0 aliphatic carbocycles. The lowest BCUT2D eigenvalue weighted by atomic mass is 10.2. The van der Waals surface area contributed by atoms with Gasteiger partial charge in [-0.25, -0.2) is 8.42 Å². The molecule has 16 heavy (non-hydrogen) atoms. The Morgan fingerprint density at radius 2 is 1.56 bits per heavy atom. The van der Waals surface area contributed by atoms with Crippen LogP contribution in [0.2, 0.25) is 0 Å². The number of hydrogen-bond donors (Lipinski definition) is 0. The Balaban J connectivity index is 2.29. The fourth-order valence-corrected chi connectivity index (χ4v) is 4.27. The van der Waals surface area contributed by atoms with Crippen molar-refractivity contribution >= 4 is 10.0 Å². The van der Waals surface area contributed by atoms with Gasteiger partial charge in [0.1, 0.15) is 0 Å². The summed E-state index contributed by atoms with van der Waals surface area (Å²) in [6.07, 6.45) is 1.79. The SMILES string of the molecule is CC[C@@H]1[C@@H](CC)N1S(=O)(=O)c1ccccc1. The third-order valence-corrected chi connectivity index (χ3v) is 5.13. The summed E-state index contributed by atoms with van der Waals surface area (Å²) in [6.45, 7) is 4.07. The first kappa shape index (κ1) is 11.6. The van der Waals surface area contributed by atoms with Gasteiger partial charge >= 0.3 is 0 Å². The minimum absolute atomic E-state index is 0.204. The highest BCUT2D eigenvalue weighted by Crippen LogP contribution is 2.39. The zero-order valence-electron chi connectivity index (χ0n) is 9.63. The van der Waals surface area contributed by atoms with Gasteiger partial charge in [-0.15, -0.1) is 0 Å². The van der Waals surface area contributed by atoms with Crippen LogP contribution in [0.15, 0.2) is 35.2 Å². The van der Waals surface area contributed by atoms with E-state index in [4.69, 9.17) is 0 Å². The lowest BCUT2D eigenvalue weighted by Crippen LogP contribution is -2.15. The summed E-state index contributed by atoms with van der Waals surface area (Å²) < 4.78 is 26.2. The van der Waals surface area contributed by atoms with Gasteiger partial charge in [-0.2, -0.15) is 4.31 Å². The van der Waals surface area contributed by atoms with Crippen LogP contribution in [-0.2, 0) is 10.0 Å². The van der Waals surface area contributed by atoms with Crippen LogP contribution in [0.5, 0.6) is 0 Å². The molecule has 0 unspecified atom stereocenters. The first-order valence-corrected chi connectivity index (χ1v) is 7.15. The Kier molecular flexibility index (Phi) is 3.04. The molecular formula is C12H17NO2S. The Hall–Kier alpha value is -0.870. The Morgan fingerprint density at radius 1 is 1.06 bits per heavy atom. The second-order valence-electron chi connectivity index (χ2n) is 4.10. The minimum Gasteiger partial charge on any atom is -0.207 e. The third-order valence-electron chi connectivity index (χ3n) is 3.16. The van der Waals surface area contributed by atoms with Crippen molar-refractivity contribution in [2.75, 3.05) is 0 Å². The maximum Gasteiger partial charge on any atom is 0.243 e. The molecule has 1 aromatic rings. The summed E-state index contributed by atoms with van der Waals surface area (Å²) >= 11 is 0. The summed E-state index contributed by atoms with van der Waals surface area (Å²) in [4.78, 5) is 0.407. The topological polar surface area (TPSA) is 37.1 Å². The van der Waals surface area contributed by atoms with Crippen LogP contribution in [0.3, 0.4) is 0 Å². The van der Waals surface area contributed by atoms with Crippen molar-refractivity contribution in [3.8, 4) is 0 Å². The first-order chi connectivity index (χ1) is 7.62. The predicted octanol–water partition coefficient (Wildman–Crippen LogP) is 2.25. The van der Waals surface area contributed by atoms with E-state index in [1.165, 1.54) is 0 Å². The van der Waals surface area contributed by atoms with Gasteiger partial charge in [0.05, 0.1) is 4.90 Å². The average molecular weight is 239 g/mol. The molecule has 0 amide bonds. The third kappa shape index (κ3) is 1.76. The predicted molar refractivity (Wildman–Crippen MR) is 63.6 cm³/mol. The van der Waals surface area contributed by atoms with Crippen LogP contribution in [0.25, 0.3) is 0 Å². The van der Waals surface area contributed by atoms with Crippen molar-refractivity contribution in [1.82, 2.24) is 4.31 Å². The van der Waals surface area contributed by atoms with E-state index in [2.05, 4.69) is 0 Å². The molecule has 0 aromatic heterocycles. The van der Waals surface area contributed by atoms with E-state index in [0.29, 0.717) is 4.90 Å². The normalized spacial score (nSPS) is 29.0. The van der Waals surface area contributed by atoms with Crippen LogP contribution >= 0.6 is 0 Å². The molecule has 0 N–H and O–H groups in total. The molecule has 2 atom stereocenters. The van der Waals surface area contributed by atoms with Crippen molar-refractivity contribution in [1.29, 1.82) is 0 Å². The van der Waals surface area contributed by atoms with Crippen LogP contribution in [-0.4, -0.2) is 24.8 Å². The van der Waals surface area contributed by atoms with Gasteiger partial charge in [0.25, 0.3) is 0 Å². The van der Waals surface area contributed by atoms with Gasteiger partial charge in [0.2, 0.25) is 10.0 Å². The summed E-state index contributed by atoms with van der Waals surface area (Å²) in [5.41, 5.74) is 0. The van der Waals surface area contributed by atoms with Crippen LogP contribution in [0, 0.1) is 0 Å². The number of rotatable bonds is 4. The second-order valence-corrected chi connectivity index (χ2v) is 5.94.